The molecule has 1 aliphatic carbocycles. The number of carbonyl (C=O) groups excluding carboxylic acids is 3. The zero-order valence-electron chi connectivity index (χ0n) is 17.5. The minimum Gasteiger partial charge on any atom is -0.447 e. The first kappa shape index (κ1) is 19.5. The molecule has 8 heteroatoms. The number of fused-ring (bicyclic) bond motifs is 3. The second-order valence-corrected chi connectivity index (χ2v) is 8.84. The Balaban J connectivity index is 1.32. The molecule has 3 aliphatic rings. The molecule has 2 aliphatic heterocycles. The quantitative estimate of drug-likeness (QED) is 0.792. The van der Waals surface area contributed by atoms with E-state index in [1.54, 1.807) is 6.20 Å². The molecule has 3 amide bonds. The van der Waals surface area contributed by atoms with Crippen LogP contribution in [0.3, 0.4) is 0 Å². The van der Waals surface area contributed by atoms with Gasteiger partial charge in [0.2, 0.25) is 11.8 Å². The van der Waals surface area contributed by atoms with Crippen LogP contribution in [0.4, 0.5) is 16.3 Å². The van der Waals surface area contributed by atoms with E-state index in [4.69, 9.17) is 4.74 Å². The summed E-state index contributed by atoms with van der Waals surface area (Å²) in [5, 5.41) is 5.79. The normalized spacial score (nSPS) is 23.7. The molecule has 1 aromatic heterocycles. The van der Waals surface area contributed by atoms with E-state index >= 15 is 0 Å². The number of aromatic nitrogens is 1. The zero-order valence-corrected chi connectivity index (χ0v) is 17.5. The summed E-state index contributed by atoms with van der Waals surface area (Å²) >= 11 is 0. The van der Waals surface area contributed by atoms with Crippen molar-refractivity contribution in [2.24, 2.45) is 5.92 Å². The second-order valence-electron chi connectivity index (χ2n) is 8.84. The maximum absolute atomic E-state index is 12.8. The van der Waals surface area contributed by atoms with E-state index in [1.165, 1.54) is 4.90 Å². The summed E-state index contributed by atoms with van der Waals surface area (Å²) < 4.78 is 5.11. The summed E-state index contributed by atoms with van der Waals surface area (Å²) in [6.45, 7) is 4.26. The summed E-state index contributed by atoms with van der Waals surface area (Å²) in [5.41, 5.74) is 3.06. The maximum atomic E-state index is 12.8. The summed E-state index contributed by atoms with van der Waals surface area (Å²) in [6.07, 6.45) is 2.39. The highest BCUT2D eigenvalue weighted by molar-refractivity contribution is 6.06. The number of hydrogen-bond acceptors (Lipinski definition) is 5. The standard InChI is InChI=1S/C23H24N4O4/c1-13(2)18-12-31-22(30)27(18)11-19(28)25-16-6-5-14-9-23(10-15(14)8-16)17-4-3-7-24-20(17)26-21(23)29/h3-8,13,18H,9-12H2,1-2H3,(H,25,28)(H,24,26,29)/t18-,23?/m0/s1. The van der Waals surface area contributed by atoms with Gasteiger partial charge in [-0.3, -0.25) is 14.5 Å². The number of nitrogens with zero attached hydrogens (tertiary/aromatic N) is 2. The molecule has 160 valence electrons. The van der Waals surface area contributed by atoms with Crippen molar-refractivity contribution in [2.75, 3.05) is 23.8 Å². The highest BCUT2D eigenvalue weighted by Crippen LogP contribution is 2.46. The van der Waals surface area contributed by atoms with Crippen LogP contribution in [0.2, 0.25) is 0 Å². The van der Waals surface area contributed by atoms with Gasteiger partial charge in [-0.05, 0) is 48.1 Å². The SMILES string of the molecule is CC(C)[C@@H]1COC(=O)N1CC(=O)Nc1ccc2c(c1)CC1(C2)C(=O)Nc2ncccc21. The predicted octanol–water partition coefficient (Wildman–Crippen LogP) is 2.49. The lowest BCUT2D eigenvalue weighted by Crippen LogP contribution is -2.42. The van der Waals surface area contributed by atoms with E-state index in [0.29, 0.717) is 31.0 Å². The Morgan fingerprint density at radius 1 is 1.29 bits per heavy atom. The van der Waals surface area contributed by atoms with Gasteiger partial charge in [-0.2, -0.15) is 0 Å². The van der Waals surface area contributed by atoms with Crippen molar-refractivity contribution >= 4 is 29.4 Å². The van der Waals surface area contributed by atoms with Gasteiger partial charge in [0.15, 0.2) is 0 Å². The van der Waals surface area contributed by atoms with E-state index in [1.807, 2.05) is 44.2 Å². The Labute approximate surface area is 180 Å². The third kappa shape index (κ3) is 3.13. The Morgan fingerprint density at radius 3 is 2.90 bits per heavy atom. The molecule has 31 heavy (non-hydrogen) atoms. The van der Waals surface area contributed by atoms with Crippen LogP contribution in [0, 0.1) is 5.92 Å². The Morgan fingerprint density at radius 2 is 2.10 bits per heavy atom. The minimum absolute atomic E-state index is 0.0322. The van der Waals surface area contributed by atoms with E-state index < -0.39 is 11.5 Å². The summed E-state index contributed by atoms with van der Waals surface area (Å²) in [4.78, 5) is 43.2. The fourth-order valence-corrected chi connectivity index (χ4v) is 4.90. The Kier molecular flexibility index (Phi) is 4.46. The number of pyridine rings is 1. The summed E-state index contributed by atoms with van der Waals surface area (Å²) in [7, 11) is 0. The minimum atomic E-state index is -0.641. The lowest BCUT2D eigenvalue weighted by Gasteiger charge is -2.23. The van der Waals surface area contributed by atoms with Crippen LogP contribution >= 0.6 is 0 Å². The second kappa shape index (κ2) is 7.08. The lowest BCUT2D eigenvalue weighted by atomic mass is 9.79. The van der Waals surface area contributed by atoms with Crippen LogP contribution in [0.25, 0.3) is 0 Å². The van der Waals surface area contributed by atoms with Crippen molar-refractivity contribution in [3.63, 3.8) is 0 Å². The van der Waals surface area contributed by atoms with Gasteiger partial charge >= 0.3 is 6.09 Å². The molecule has 1 aromatic carbocycles. The number of hydrogen-bond donors (Lipinski definition) is 2. The molecule has 0 radical (unpaired) electrons. The van der Waals surface area contributed by atoms with Gasteiger partial charge in [-0.25, -0.2) is 9.78 Å². The number of benzene rings is 1. The molecule has 3 heterocycles. The molecule has 5 rings (SSSR count). The van der Waals surface area contributed by atoms with Crippen LogP contribution in [0.5, 0.6) is 0 Å². The fourth-order valence-electron chi connectivity index (χ4n) is 4.90. The van der Waals surface area contributed by atoms with Crippen LogP contribution in [-0.2, 0) is 32.6 Å². The Bertz CT molecular complexity index is 1100. The third-order valence-electron chi connectivity index (χ3n) is 6.56. The molecule has 2 N–H and O–H groups in total. The monoisotopic (exact) mass is 420 g/mol. The van der Waals surface area contributed by atoms with E-state index in [-0.39, 0.29) is 30.3 Å². The first-order valence-corrected chi connectivity index (χ1v) is 10.5. The van der Waals surface area contributed by atoms with E-state index in [2.05, 4.69) is 15.6 Å². The molecule has 8 nitrogen and oxygen atoms in total. The van der Waals surface area contributed by atoms with Crippen molar-refractivity contribution in [1.82, 2.24) is 9.88 Å². The number of amides is 3. The molecular formula is C23H24N4O4. The van der Waals surface area contributed by atoms with Gasteiger partial charge in [0, 0.05) is 17.4 Å². The van der Waals surface area contributed by atoms with Crippen molar-refractivity contribution in [2.45, 2.75) is 38.1 Å². The molecule has 0 bridgehead atoms. The van der Waals surface area contributed by atoms with Gasteiger partial charge < -0.3 is 15.4 Å². The number of nitrogens with one attached hydrogen (secondary N) is 2. The van der Waals surface area contributed by atoms with Crippen molar-refractivity contribution < 1.29 is 19.1 Å². The summed E-state index contributed by atoms with van der Waals surface area (Å²) in [6, 6.07) is 9.43. The van der Waals surface area contributed by atoms with Crippen molar-refractivity contribution in [1.29, 1.82) is 0 Å². The molecule has 2 atom stereocenters. The van der Waals surface area contributed by atoms with Gasteiger partial charge in [-0.15, -0.1) is 0 Å². The molecule has 1 saturated heterocycles. The van der Waals surface area contributed by atoms with E-state index in [9.17, 15) is 14.4 Å². The smallest absolute Gasteiger partial charge is 0.410 e. The molecule has 1 unspecified atom stereocenters. The number of rotatable bonds is 4. The van der Waals surface area contributed by atoms with E-state index in [0.717, 1.165) is 16.7 Å². The lowest BCUT2D eigenvalue weighted by molar-refractivity contribution is -0.120. The van der Waals surface area contributed by atoms with Crippen LogP contribution in [-0.4, -0.2) is 47.0 Å². The van der Waals surface area contributed by atoms with Crippen LogP contribution in [0.15, 0.2) is 36.5 Å². The highest BCUT2D eigenvalue weighted by atomic mass is 16.6. The maximum Gasteiger partial charge on any atom is 0.410 e. The third-order valence-corrected chi connectivity index (χ3v) is 6.56. The number of anilines is 2. The van der Waals surface area contributed by atoms with Gasteiger partial charge in [-0.1, -0.05) is 26.0 Å². The number of ether oxygens (including phenoxy) is 1. The van der Waals surface area contributed by atoms with Crippen molar-refractivity contribution in [3.05, 3.63) is 53.2 Å². The molecule has 2 aromatic rings. The predicted molar refractivity (Wildman–Crippen MR) is 114 cm³/mol. The van der Waals surface area contributed by atoms with Gasteiger partial charge in [0.25, 0.3) is 0 Å². The molecule has 0 saturated carbocycles. The van der Waals surface area contributed by atoms with Crippen LogP contribution in [0.1, 0.15) is 30.5 Å². The first-order valence-electron chi connectivity index (χ1n) is 10.5. The van der Waals surface area contributed by atoms with Gasteiger partial charge in [0.05, 0.1) is 11.5 Å². The average Bonchev–Trinajstić information content (AvgIpc) is 3.37. The zero-order chi connectivity index (χ0) is 21.8. The average molecular weight is 420 g/mol. The highest BCUT2D eigenvalue weighted by Gasteiger charge is 2.51. The van der Waals surface area contributed by atoms with Crippen LogP contribution < -0.4 is 10.6 Å². The fraction of sp³-hybridized carbons (Fsp3) is 0.391. The number of carbonyl (C=O) groups is 3. The van der Waals surface area contributed by atoms with Gasteiger partial charge in [0.1, 0.15) is 19.0 Å². The topological polar surface area (TPSA) is 101 Å². The largest absolute Gasteiger partial charge is 0.447 e. The summed E-state index contributed by atoms with van der Waals surface area (Å²) in [5.74, 6) is 0.525. The number of cyclic esters (lactones) is 1. The van der Waals surface area contributed by atoms with Crippen molar-refractivity contribution in [3.8, 4) is 0 Å². The Hall–Kier alpha value is -3.42. The first-order chi connectivity index (χ1) is 14.9. The molecular weight excluding hydrogens is 396 g/mol. The molecule has 1 spiro atoms. The molecule has 1 fully saturated rings.